The van der Waals surface area contributed by atoms with Crippen LogP contribution in [0.15, 0.2) is 35.4 Å². The maximum atomic E-state index is 13.2. The molecular weight excluding hydrogens is 408 g/mol. The molecule has 1 aliphatic carbocycles. The number of para-hydroxylation sites is 1. The lowest BCUT2D eigenvalue weighted by atomic mass is 9.89. The summed E-state index contributed by atoms with van der Waals surface area (Å²) in [6.45, 7) is 3.54. The first-order valence-corrected chi connectivity index (χ1v) is 11.8. The van der Waals surface area contributed by atoms with E-state index in [4.69, 9.17) is 0 Å². The molecule has 0 saturated carbocycles. The van der Waals surface area contributed by atoms with Gasteiger partial charge in [-0.25, -0.2) is 4.98 Å². The SMILES string of the molecule is CC1CCc2c(sc3ncn(CC(=O)N4CCc5[nH]c6ccccc6c5C4)c(=O)c23)C1. The third-order valence-corrected chi connectivity index (χ3v) is 7.99. The first kappa shape index (κ1) is 18.8. The first-order valence-electron chi connectivity index (χ1n) is 10.9. The Bertz CT molecular complexity index is 1400. The van der Waals surface area contributed by atoms with Crippen molar-refractivity contribution in [2.45, 2.75) is 45.7 Å². The summed E-state index contributed by atoms with van der Waals surface area (Å²) >= 11 is 1.64. The summed E-state index contributed by atoms with van der Waals surface area (Å²) in [5.74, 6) is 0.620. The molecule has 158 valence electrons. The van der Waals surface area contributed by atoms with Gasteiger partial charge in [-0.05, 0) is 36.8 Å². The van der Waals surface area contributed by atoms with Crippen LogP contribution in [0.1, 0.15) is 35.0 Å². The molecule has 6 rings (SSSR count). The number of nitrogens with zero attached hydrogens (tertiary/aromatic N) is 3. The Hall–Kier alpha value is -2.93. The van der Waals surface area contributed by atoms with Crippen LogP contribution in [-0.4, -0.2) is 31.9 Å². The number of aromatic nitrogens is 3. The molecule has 3 aromatic heterocycles. The molecule has 4 aromatic rings. The van der Waals surface area contributed by atoms with Gasteiger partial charge in [-0.3, -0.25) is 14.2 Å². The number of hydrogen-bond donors (Lipinski definition) is 1. The topological polar surface area (TPSA) is 71.0 Å². The van der Waals surface area contributed by atoms with E-state index in [9.17, 15) is 9.59 Å². The Morgan fingerprint density at radius 2 is 2.13 bits per heavy atom. The zero-order valence-electron chi connectivity index (χ0n) is 17.5. The third-order valence-electron chi connectivity index (χ3n) is 6.82. The summed E-state index contributed by atoms with van der Waals surface area (Å²) in [5, 5.41) is 1.91. The molecular formula is C24H24N4O2S. The van der Waals surface area contributed by atoms with E-state index in [-0.39, 0.29) is 18.0 Å². The minimum atomic E-state index is -0.0739. The normalized spacial score (nSPS) is 18.4. The van der Waals surface area contributed by atoms with E-state index in [1.165, 1.54) is 31.7 Å². The van der Waals surface area contributed by atoms with Crippen LogP contribution in [0, 0.1) is 5.92 Å². The quantitative estimate of drug-likeness (QED) is 0.526. The number of nitrogens with one attached hydrogen (secondary N) is 1. The van der Waals surface area contributed by atoms with E-state index >= 15 is 0 Å². The van der Waals surface area contributed by atoms with Crippen molar-refractivity contribution >= 4 is 38.4 Å². The Morgan fingerprint density at radius 1 is 1.26 bits per heavy atom. The average Bonchev–Trinajstić information content (AvgIpc) is 3.33. The van der Waals surface area contributed by atoms with Gasteiger partial charge in [0.15, 0.2) is 0 Å². The number of rotatable bonds is 2. The summed E-state index contributed by atoms with van der Waals surface area (Å²) in [4.78, 5) is 38.4. The van der Waals surface area contributed by atoms with Crippen LogP contribution in [0.25, 0.3) is 21.1 Å². The van der Waals surface area contributed by atoms with Gasteiger partial charge in [-0.1, -0.05) is 25.1 Å². The number of benzene rings is 1. The van der Waals surface area contributed by atoms with Crippen LogP contribution in [0.4, 0.5) is 0 Å². The number of carbonyl (C=O) groups excluding carboxylic acids is 1. The number of hydrogen-bond acceptors (Lipinski definition) is 4. The second-order valence-electron chi connectivity index (χ2n) is 8.90. The van der Waals surface area contributed by atoms with Crippen molar-refractivity contribution in [2.24, 2.45) is 5.92 Å². The van der Waals surface area contributed by atoms with Gasteiger partial charge in [0.05, 0.1) is 11.7 Å². The third kappa shape index (κ3) is 3.02. The van der Waals surface area contributed by atoms with Crippen molar-refractivity contribution in [1.82, 2.24) is 19.4 Å². The number of H-pyrrole nitrogens is 1. The number of carbonyl (C=O) groups is 1. The number of thiophene rings is 1. The highest BCUT2D eigenvalue weighted by Gasteiger charge is 2.26. The molecule has 4 heterocycles. The van der Waals surface area contributed by atoms with Crippen molar-refractivity contribution < 1.29 is 4.79 Å². The van der Waals surface area contributed by atoms with Crippen LogP contribution in [0.2, 0.25) is 0 Å². The summed E-state index contributed by atoms with van der Waals surface area (Å²) < 4.78 is 1.50. The molecule has 1 atom stereocenters. The predicted molar refractivity (Wildman–Crippen MR) is 122 cm³/mol. The van der Waals surface area contributed by atoms with E-state index in [1.807, 2.05) is 17.0 Å². The highest BCUT2D eigenvalue weighted by atomic mass is 32.1. The van der Waals surface area contributed by atoms with Crippen LogP contribution >= 0.6 is 11.3 Å². The van der Waals surface area contributed by atoms with Gasteiger partial charge in [0.2, 0.25) is 5.91 Å². The summed E-state index contributed by atoms with van der Waals surface area (Å²) in [7, 11) is 0. The van der Waals surface area contributed by atoms with E-state index in [2.05, 4.69) is 29.0 Å². The maximum Gasteiger partial charge on any atom is 0.262 e. The van der Waals surface area contributed by atoms with Gasteiger partial charge in [-0.15, -0.1) is 11.3 Å². The van der Waals surface area contributed by atoms with Crippen LogP contribution in [0.3, 0.4) is 0 Å². The lowest BCUT2D eigenvalue weighted by Crippen LogP contribution is -2.39. The van der Waals surface area contributed by atoms with Crippen molar-refractivity contribution in [3.8, 4) is 0 Å². The molecule has 2 aliphatic rings. The number of aromatic amines is 1. The molecule has 1 unspecified atom stereocenters. The van der Waals surface area contributed by atoms with Crippen molar-refractivity contribution in [3.05, 3.63) is 62.6 Å². The highest BCUT2D eigenvalue weighted by Crippen LogP contribution is 2.35. The zero-order valence-corrected chi connectivity index (χ0v) is 18.3. The molecule has 7 heteroatoms. The van der Waals surface area contributed by atoms with Gasteiger partial charge in [0, 0.05) is 46.5 Å². The lowest BCUT2D eigenvalue weighted by molar-refractivity contribution is -0.132. The van der Waals surface area contributed by atoms with Crippen molar-refractivity contribution in [2.75, 3.05) is 6.54 Å². The van der Waals surface area contributed by atoms with Gasteiger partial charge >= 0.3 is 0 Å². The first-order chi connectivity index (χ1) is 15.1. The smallest absolute Gasteiger partial charge is 0.262 e. The van der Waals surface area contributed by atoms with Gasteiger partial charge in [-0.2, -0.15) is 0 Å². The number of amides is 1. The fourth-order valence-electron chi connectivity index (χ4n) is 5.10. The maximum absolute atomic E-state index is 13.2. The Labute approximate surface area is 183 Å². The molecule has 6 nitrogen and oxygen atoms in total. The molecule has 0 bridgehead atoms. The van der Waals surface area contributed by atoms with E-state index in [1.54, 1.807) is 17.7 Å². The fraction of sp³-hybridized carbons (Fsp3) is 0.375. The molecule has 0 spiro atoms. The lowest BCUT2D eigenvalue weighted by Gasteiger charge is -2.27. The molecule has 1 aromatic carbocycles. The highest BCUT2D eigenvalue weighted by molar-refractivity contribution is 7.18. The molecule has 1 aliphatic heterocycles. The molecule has 0 saturated heterocycles. The van der Waals surface area contributed by atoms with Gasteiger partial charge in [0.25, 0.3) is 5.56 Å². The van der Waals surface area contributed by atoms with E-state index < -0.39 is 0 Å². The van der Waals surface area contributed by atoms with Crippen LogP contribution < -0.4 is 5.56 Å². The summed E-state index contributed by atoms with van der Waals surface area (Å²) in [5.41, 5.74) is 4.61. The largest absolute Gasteiger partial charge is 0.358 e. The zero-order chi connectivity index (χ0) is 21.1. The van der Waals surface area contributed by atoms with Crippen LogP contribution in [0.5, 0.6) is 0 Å². The van der Waals surface area contributed by atoms with E-state index in [0.717, 1.165) is 41.4 Å². The van der Waals surface area contributed by atoms with E-state index in [0.29, 0.717) is 19.0 Å². The standard InChI is InChI=1S/C24H24N4O2S/c1-14-6-7-16-20(10-14)31-23-22(16)24(30)28(13-25-23)12-21(29)27-9-8-19-17(11-27)15-4-2-3-5-18(15)26-19/h2-5,13-14,26H,6-12H2,1H3. The fourth-order valence-corrected chi connectivity index (χ4v) is 6.44. The van der Waals surface area contributed by atoms with Crippen molar-refractivity contribution in [1.29, 1.82) is 0 Å². The summed E-state index contributed by atoms with van der Waals surface area (Å²) in [6.07, 6.45) is 5.41. The molecule has 1 amide bonds. The van der Waals surface area contributed by atoms with Gasteiger partial charge < -0.3 is 9.88 Å². The van der Waals surface area contributed by atoms with Gasteiger partial charge in [0.1, 0.15) is 11.4 Å². The number of fused-ring (bicyclic) bond motifs is 6. The minimum Gasteiger partial charge on any atom is -0.358 e. The Balaban J connectivity index is 1.29. The Morgan fingerprint density at radius 3 is 3.03 bits per heavy atom. The molecule has 0 radical (unpaired) electrons. The molecule has 1 N–H and O–H groups in total. The van der Waals surface area contributed by atoms with Crippen molar-refractivity contribution in [3.63, 3.8) is 0 Å². The monoisotopic (exact) mass is 432 g/mol. The average molecular weight is 433 g/mol. The second kappa shape index (κ2) is 7.05. The minimum absolute atomic E-state index is 0.0306. The predicted octanol–water partition coefficient (Wildman–Crippen LogP) is 3.65. The summed E-state index contributed by atoms with van der Waals surface area (Å²) in [6, 6.07) is 8.22. The van der Waals surface area contributed by atoms with Crippen LogP contribution in [-0.2, 0) is 37.1 Å². The Kier molecular flexibility index (Phi) is 4.28. The number of aryl methyl sites for hydroxylation is 1. The second-order valence-corrected chi connectivity index (χ2v) is 9.99. The molecule has 31 heavy (non-hydrogen) atoms. The molecule has 0 fully saturated rings.